The van der Waals surface area contributed by atoms with Crippen LogP contribution in [0.25, 0.3) is 11.1 Å². The number of aryl methyl sites for hydroxylation is 1. The lowest BCUT2D eigenvalue weighted by Gasteiger charge is -1.99. The minimum Gasteiger partial charge on any atom is -0.370 e. The van der Waals surface area contributed by atoms with Crippen LogP contribution in [0.5, 0.6) is 0 Å². The molecule has 19 heavy (non-hydrogen) atoms. The van der Waals surface area contributed by atoms with Gasteiger partial charge in [0, 0.05) is 18.8 Å². The SMILES string of the molecule is Cn1cc(-c2ccc(N=C(N)N=C(N)N)cc2)cn1. The molecular formula is C12H15N7. The highest BCUT2D eigenvalue weighted by Crippen LogP contribution is 2.21. The molecule has 98 valence electrons. The van der Waals surface area contributed by atoms with Crippen molar-refractivity contribution in [3.8, 4) is 11.1 Å². The van der Waals surface area contributed by atoms with Gasteiger partial charge >= 0.3 is 0 Å². The number of benzene rings is 1. The highest BCUT2D eigenvalue weighted by molar-refractivity contribution is 5.93. The Morgan fingerprint density at radius 1 is 1.11 bits per heavy atom. The largest absolute Gasteiger partial charge is 0.370 e. The van der Waals surface area contributed by atoms with Gasteiger partial charge in [0.2, 0.25) is 5.96 Å². The topological polar surface area (TPSA) is 121 Å². The van der Waals surface area contributed by atoms with Crippen LogP contribution in [0, 0.1) is 0 Å². The van der Waals surface area contributed by atoms with Crippen LogP contribution in [0.15, 0.2) is 46.6 Å². The van der Waals surface area contributed by atoms with Crippen molar-refractivity contribution in [1.29, 1.82) is 0 Å². The number of hydrogen-bond donors (Lipinski definition) is 3. The molecule has 0 fully saturated rings. The molecule has 0 bridgehead atoms. The maximum atomic E-state index is 5.55. The van der Waals surface area contributed by atoms with E-state index >= 15 is 0 Å². The van der Waals surface area contributed by atoms with Gasteiger partial charge in [0.1, 0.15) is 0 Å². The summed E-state index contributed by atoms with van der Waals surface area (Å²) in [5, 5.41) is 4.12. The standard InChI is InChI=1S/C12H15N7/c1-19-7-9(6-16-19)8-2-4-10(5-3-8)17-12(15)18-11(13)14/h2-7H,1H3,(H6,13,14,15,17,18). The van der Waals surface area contributed by atoms with Gasteiger partial charge < -0.3 is 17.2 Å². The molecule has 6 N–H and O–H groups in total. The Hall–Kier alpha value is -2.83. The van der Waals surface area contributed by atoms with Crippen LogP contribution in [-0.2, 0) is 7.05 Å². The van der Waals surface area contributed by atoms with Gasteiger partial charge in [-0.3, -0.25) is 4.68 Å². The molecule has 1 aromatic heterocycles. The summed E-state index contributed by atoms with van der Waals surface area (Å²) in [7, 11) is 1.87. The van der Waals surface area contributed by atoms with Crippen molar-refractivity contribution in [3.63, 3.8) is 0 Å². The normalized spacial score (nSPS) is 11.3. The van der Waals surface area contributed by atoms with Crippen LogP contribution >= 0.6 is 0 Å². The van der Waals surface area contributed by atoms with Gasteiger partial charge in [-0.25, -0.2) is 4.99 Å². The summed E-state index contributed by atoms with van der Waals surface area (Å²) in [5.41, 5.74) is 18.7. The third-order valence-corrected chi connectivity index (χ3v) is 2.39. The predicted octanol–water partition coefficient (Wildman–Crippen LogP) is 0.307. The first-order chi connectivity index (χ1) is 9.04. The van der Waals surface area contributed by atoms with E-state index in [2.05, 4.69) is 15.1 Å². The van der Waals surface area contributed by atoms with E-state index < -0.39 is 0 Å². The number of nitrogens with zero attached hydrogens (tertiary/aromatic N) is 4. The van der Waals surface area contributed by atoms with Crippen LogP contribution in [0.3, 0.4) is 0 Å². The molecule has 7 heteroatoms. The highest BCUT2D eigenvalue weighted by Gasteiger charge is 2.00. The molecule has 0 aliphatic heterocycles. The summed E-state index contributed by atoms with van der Waals surface area (Å²) in [6.45, 7) is 0. The first kappa shape index (κ1) is 12.6. The minimum absolute atomic E-state index is 0.0223. The summed E-state index contributed by atoms with van der Waals surface area (Å²) in [6, 6.07) is 7.52. The van der Waals surface area contributed by atoms with E-state index in [-0.39, 0.29) is 11.9 Å². The number of aliphatic imine (C=N–C) groups is 2. The van der Waals surface area contributed by atoms with Crippen molar-refractivity contribution in [3.05, 3.63) is 36.7 Å². The second kappa shape index (κ2) is 5.21. The Morgan fingerprint density at radius 3 is 2.32 bits per heavy atom. The number of rotatable bonds is 2. The smallest absolute Gasteiger partial charge is 0.223 e. The van der Waals surface area contributed by atoms with Crippen LogP contribution in [0.1, 0.15) is 0 Å². The Kier molecular flexibility index (Phi) is 3.46. The summed E-state index contributed by atoms with van der Waals surface area (Å²) in [6.07, 6.45) is 3.73. The molecule has 0 amide bonds. The van der Waals surface area contributed by atoms with E-state index in [0.717, 1.165) is 11.1 Å². The third kappa shape index (κ3) is 3.32. The van der Waals surface area contributed by atoms with E-state index in [1.807, 2.05) is 37.5 Å². The second-order valence-corrected chi connectivity index (χ2v) is 3.96. The quantitative estimate of drug-likeness (QED) is 0.529. The van der Waals surface area contributed by atoms with E-state index in [0.29, 0.717) is 5.69 Å². The minimum atomic E-state index is -0.117. The average Bonchev–Trinajstić information content (AvgIpc) is 2.75. The molecule has 0 aliphatic rings. The van der Waals surface area contributed by atoms with Gasteiger partial charge in [-0.2, -0.15) is 10.1 Å². The fourth-order valence-corrected chi connectivity index (χ4v) is 1.59. The van der Waals surface area contributed by atoms with E-state index in [4.69, 9.17) is 17.2 Å². The van der Waals surface area contributed by atoms with Crippen molar-refractivity contribution in [1.82, 2.24) is 9.78 Å². The zero-order valence-corrected chi connectivity index (χ0v) is 10.5. The van der Waals surface area contributed by atoms with Crippen molar-refractivity contribution < 1.29 is 0 Å². The molecule has 2 rings (SSSR count). The second-order valence-electron chi connectivity index (χ2n) is 3.96. The zero-order chi connectivity index (χ0) is 13.8. The first-order valence-corrected chi connectivity index (χ1v) is 5.57. The van der Waals surface area contributed by atoms with Crippen molar-refractivity contribution in [2.45, 2.75) is 0 Å². The molecule has 0 saturated carbocycles. The summed E-state index contributed by atoms with van der Waals surface area (Å²) >= 11 is 0. The number of aromatic nitrogens is 2. The maximum Gasteiger partial charge on any atom is 0.223 e. The van der Waals surface area contributed by atoms with Crippen LogP contribution in [0.2, 0.25) is 0 Å². The monoisotopic (exact) mass is 257 g/mol. The number of guanidine groups is 2. The molecule has 1 aromatic carbocycles. The molecule has 0 spiro atoms. The van der Waals surface area contributed by atoms with Gasteiger partial charge in [-0.15, -0.1) is 0 Å². The fourth-order valence-electron chi connectivity index (χ4n) is 1.59. The summed E-state index contributed by atoms with van der Waals surface area (Å²) in [5.74, 6) is -0.0950. The van der Waals surface area contributed by atoms with Crippen LogP contribution in [-0.4, -0.2) is 21.7 Å². The molecule has 1 heterocycles. The lowest BCUT2D eigenvalue weighted by Crippen LogP contribution is -2.26. The fraction of sp³-hybridized carbons (Fsp3) is 0.0833. The highest BCUT2D eigenvalue weighted by atomic mass is 15.2. The Morgan fingerprint density at radius 2 is 1.79 bits per heavy atom. The molecule has 0 radical (unpaired) electrons. The molecule has 0 unspecified atom stereocenters. The zero-order valence-electron chi connectivity index (χ0n) is 10.5. The van der Waals surface area contributed by atoms with Gasteiger partial charge in [0.05, 0.1) is 11.9 Å². The van der Waals surface area contributed by atoms with Crippen LogP contribution in [0.4, 0.5) is 5.69 Å². The third-order valence-electron chi connectivity index (χ3n) is 2.39. The molecule has 0 saturated heterocycles. The van der Waals surface area contributed by atoms with E-state index in [1.54, 1.807) is 10.9 Å². The lowest BCUT2D eigenvalue weighted by atomic mass is 10.1. The van der Waals surface area contributed by atoms with Crippen molar-refractivity contribution in [2.24, 2.45) is 34.2 Å². The van der Waals surface area contributed by atoms with Gasteiger partial charge in [-0.1, -0.05) is 12.1 Å². The number of nitrogens with two attached hydrogens (primary N) is 3. The van der Waals surface area contributed by atoms with E-state index in [1.165, 1.54) is 0 Å². The Labute approximate surface area is 110 Å². The Bertz CT molecular complexity index is 618. The molecule has 2 aromatic rings. The average molecular weight is 257 g/mol. The van der Waals surface area contributed by atoms with Crippen molar-refractivity contribution >= 4 is 17.6 Å². The van der Waals surface area contributed by atoms with Gasteiger partial charge in [-0.05, 0) is 17.7 Å². The van der Waals surface area contributed by atoms with Crippen LogP contribution < -0.4 is 17.2 Å². The Balaban J connectivity index is 2.22. The maximum absolute atomic E-state index is 5.55. The first-order valence-electron chi connectivity index (χ1n) is 5.57. The summed E-state index contributed by atoms with van der Waals surface area (Å²) < 4.78 is 1.75. The number of hydrogen-bond acceptors (Lipinski definition) is 2. The van der Waals surface area contributed by atoms with Gasteiger partial charge in [0.15, 0.2) is 5.96 Å². The predicted molar refractivity (Wildman–Crippen MR) is 75.7 cm³/mol. The van der Waals surface area contributed by atoms with Crippen molar-refractivity contribution in [2.75, 3.05) is 0 Å². The molecule has 7 nitrogen and oxygen atoms in total. The molecule has 0 aliphatic carbocycles. The summed E-state index contributed by atoms with van der Waals surface area (Å²) in [4.78, 5) is 7.71. The lowest BCUT2D eigenvalue weighted by molar-refractivity contribution is 0.768. The van der Waals surface area contributed by atoms with E-state index in [9.17, 15) is 0 Å². The van der Waals surface area contributed by atoms with Gasteiger partial charge in [0.25, 0.3) is 0 Å². The molecule has 0 atom stereocenters. The molecular weight excluding hydrogens is 242 g/mol.